The Bertz CT molecular complexity index is 544. The summed E-state index contributed by atoms with van der Waals surface area (Å²) in [5.74, 6) is -0.875. The molecule has 6 heteroatoms. The third-order valence-electron chi connectivity index (χ3n) is 2.10. The van der Waals surface area contributed by atoms with Gasteiger partial charge >= 0.3 is 0 Å². The third kappa shape index (κ3) is 2.54. The number of nitrogens with one attached hydrogen (secondary N) is 1. The molecule has 2 aromatic rings. The summed E-state index contributed by atoms with van der Waals surface area (Å²) < 4.78 is 12.9. The SMILES string of the molecule is Nc1cc(NC(=O)c2ccnnc2)ccc1F. The van der Waals surface area contributed by atoms with Crippen molar-refractivity contribution in [3.8, 4) is 0 Å². The fraction of sp³-hybridized carbons (Fsp3) is 0. The van der Waals surface area contributed by atoms with Crippen LogP contribution < -0.4 is 11.1 Å². The van der Waals surface area contributed by atoms with E-state index in [0.29, 0.717) is 11.3 Å². The van der Waals surface area contributed by atoms with E-state index in [-0.39, 0.29) is 11.6 Å². The van der Waals surface area contributed by atoms with Gasteiger partial charge in [-0.1, -0.05) is 0 Å². The van der Waals surface area contributed by atoms with E-state index >= 15 is 0 Å². The quantitative estimate of drug-likeness (QED) is 0.768. The van der Waals surface area contributed by atoms with Crippen molar-refractivity contribution >= 4 is 17.3 Å². The molecule has 0 unspecified atom stereocenters. The summed E-state index contributed by atoms with van der Waals surface area (Å²) in [7, 11) is 0. The molecule has 86 valence electrons. The summed E-state index contributed by atoms with van der Waals surface area (Å²) in [6.07, 6.45) is 2.75. The van der Waals surface area contributed by atoms with Crippen molar-refractivity contribution in [1.29, 1.82) is 0 Å². The molecule has 5 nitrogen and oxygen atoms in total. The second-order valence-corrected chi connectivity index (χ2v) is 3.32. The maximum atomic E-state index is 12.9. The van der Waals surface area contributed by atoms with Crippen LogP contribution in [0.25, 0.3) is 0 Å². The first-order chi connectivity index (χ1) is 8.16. The largest absolute Gasteiger partial charge is 0.396 e. The van der Waals surface area contributed by atoms with Crippen LogP contribution in [0.15, 0.2) is 36.7 Å². The third-order valence-corrected chi connectivity index (χ3v) is 2.10. The van der Waals surface area contributed by atoms with E-state index in [4.69, 9.17) is 5.73 Å². The standard InChI is InChI=1S/C11H9FN4O/c12-9-2-1-8(5-10(9)13)16-11(17)7-3-4-14-15-6-7/h1-6H,13H2,(H,16,17). The monoisotopic (exact) mass is 232 g/mol. The summed E-state index contributed by atoms with van der Waals surface area (Å²) in [5.41, 5.74) is 6.15. The summed E-state index contributed by atoms with van der Waals surface area (Å²) >= 11 is 0. The van der Waals surface area contributed by atoms with Crippen molar-refractivity contribution < 1.29 is 9.18 Å². The highest BCUT2D eigenvalue weighted by molar-refractivity contribution is 6.04. The fourth-order valence-electron chi connectivity index (χ4n) is 1.25. The average molecular weight is 232 g/mol. The second kappa shape index (κ2) is 4.56. The van der Waals surface area contributed by atoms with Gasteiger partial charge in [-0.2, -0.15) is 10.2 Å². The highest BCUT2D eigenvalue weighted by atomic mass is 19.1. The van der Waals surface area contributed by atoms with Crippen molar-refractivity contribution in [1.82, 2.24) is 10.2 Å². The lowest BCUT2D eigenvalue weighted by Gasteiger charge is -2.05. The minimum atomic E-state index is -0.520. The van der Waals surface area contributed by atoms with Crippen LogP contribution in [-0.2, 0) is 0 Å². The molecule has 0 aliphatic rings. The van der Waals surface area contributed by atoms with Crippen LogP contribution >= 0.6 is 0 Å². The van der Waals surface area contributed by atoms with Crippen LogP contribution in [0.4, 0.5) is 15.8 Å². The molecule has 1 heterocycles. The minimum Gasteiger partial charge on any atom is -0.396 e. The predicted molar refractivity (Wildman–Crippen MR) is 60.8 cm³/mol. The van der Waals surface area contributed by atoms with Gasteiger partial charge in [0.2, 0.25) is 0 Å². The van der Waals surface area contributed by atoms with Gasteiger partial charge in [-0.05, 0) is 24.3 Å². The van der Waals surface area contributed by atoms with Crippen LogP contribution in [0.2, 0.25) is 0 Å². The molecule has 0 fully saturated rings. The van der Waals surface area contributed by atoms with E-state index in [1.165, 1.54) is 36.7 Å². The Balaban J connectivity index is 2.16. The van der Waals surface area contributed by atoms with E-state index < -0.39 is 5.82 Å². The number of hydrogen-bond donors (Lipinski definition) is 2. The molecule has 17 heavy (non-hydrogen) atoms. The fourth-order valence-corrected chi connectivity index (χ4v) is 1.25. The molecule has 3 N–H and O–H groups in total. The van der Waals surface area contributed by atoms with Gasteiger partial charge in [-0.15, -0.1) is 0 Å². The number of amides is 1. The van der Waals surface area contributed by atoms with Crippen LogP contribution in [0.3, 0.4) is 0 Å². The molecular weight excluding hydrogens is 223 g/mol. The van der Waals surface area contributed by atoms with Gasteiger partial charge in [0.15, 0.2) is 0 Å². The Hall–Kier alpha value is -2.50. The average Bonchev–Trinajstić information content (AvgIpc) is 2.35. The molecule has 0 saturated heterocycles. The maximum absolute atomic E-state index is 12.9. The Kier molecular flexibility index (Phi) is 2.95. The molecule has 0 spiro atoms. The highest BCUT2D eigenvalue weighted by Gasteiger charge is 2.07. The van der Waals surface area contributed by atoms with Crippen LogP contribution in [0.1, 0.15) is 10.4 Å². The maximum Gasteiger partial charge on any atom is 0.257 e. The van der Waals surface area contributed by atoms with Gasteiger partial charge in [-0.3, -0.25) is 4.79 Å². The number of carbonyl (C=O) groups excluding carboxylic acids is 1. The van der Waals surface area contributed by atoms with Crippen molar-refractivity contribution in [2.75, 3.05) is 11.1 Å². The number of halogens is 1. The minimum absolute atomic E-state index is 0.0179. The topological polar surface area (TPSA) is 80.9 Å². The molecule has 1 aromatic carbocycles. The van der Waals surface area contributed by atoms with Crippen LogP contribution in [0.5, 0.6) is 0 Å². The van der Waals surface area contributed by atoms with Gasteiger partial charge < -0.3 is 11.1 Å². The first-order valence-electron chi connectivity index (χ1n) is 4.80. The smallest absolute Gasteiger partial charge is 0.257 e. The van der Waals surface area contributed by atoms with Crippen molar-refractivity contribution in [2.45, 2.75) is 0 Å². The second-order valence-electron chi connectivity index (χ2n) is 3.32. The van der Waals surface area contributed by atoms with Gasteiger partial charge in [0.05, 0.1) is 23.6 Å². The molecule has 0 saturated carbocycles. The van der Waals surface area contributed by atoms with E-state index in [1.807, 2.05) is 0 Å². The molecule has 1 amide bonds. The van der Waals surface area contributed by atoms with Crippen molar-refractivity contribution in [3.05, 3.63) is 48.0 Å². The highest BCUT2D eigenvalue weighted by Crippen LogP contribution is 2.16. The van der Waals surface area contributed by atoms with Crippen molar-refractivity contribution in [3.63, 3.8) is 0 Å². The zero-order chi connectivity index (χ0) is 12.3. The van der Waals surface area contributed by atoms with Gasteiger partial charge in [0, 0.05) is 5.69 Å². The number of nitrogens with two attached hydrogens (primary N) is 1. The number of aromatic nitrogens is 2. The predicted octanol–water partition coefficient (Wildman–Crippen LogP) is 1.45. The summed E-state index contributed by atoms with van der Waals surface area (Å²) in [6.45, 7) is 0. The first-order valence-corrected chi connectivity index (χ1v) is 4.80. The number of hydrogen-bond acceptors (Lipinski definition) is 4. The molecule has 0 aliphatic heterocycles. The van der Waals surface area contributed by atoms with Gasteiger partial charge in [0.1, 0.15) is 5.82 Å². The number of rotatable bonds is 2. The lowest BCUT2D eigenvalue weighted by molar-refractivity contribution is 0.102. The van der Waals surface area contributed by atoms with Crippen LogP contribution in [0, 0.1) is 5.82 Å². The zero-order valence-electron chi connectivity index (χ0n) is 8.72. The molecule has 0 aliphatic carbocycles. The number of carbonyl (C=O) groups is 1. The molecular formula is C11H9FN4O. The van der Waals surface area contributed by atoms with Gasteiger partial charge in [0.25, 0.3) is 5.91 Å². The van der Waals surface area contributed by atoms with Crippen molar-refractivity contribution in [2.24, 2.45) is 0 Å². The molecule has 1 aromatic heterocycles. The summed E-state index contributed by atoms with van der Waals surface area (Å²) in [4.78, 5) is 11.7. The van der Waals surface area contributed by atoms with E-state index in [0.717, 1.165) is 0 Å². The Morgan fingerprint density at radius 3 is 2.76 bits per heavy atom. The Morgan fingerprint density at radius 1 is 1.29 bits per heavy atom. The molecule has 0 bridgehead atoms. The first kappa shape index (κ1) is 11.0. The molecule has 0 atom stereocenters. The number of nitrogen functional groups attached to an aromatic ring is 1. The lowest BCUT2D eigenvalue weighted by Crippen LogP contribution is -2.12. The Labute approximate surface area is 96.5 Å². The number of anilines is 2. The van der Waals surface area contributed by atoms with E-state index in [9.17, 15) is 9.18 Å². The normalized spacial score (nSPS) is 9.94. The summed E-state index contributed by atoms with van der Waals surface area (Å²) in [6, 6.07) is 5.49. The summed E-state index contributed by atoms with van der Waals surface area (Å²) in [5, 5.41) is 9.72. The lowest BCUT2D eigenvalue weighted by atomic mass is 10.2. The van der Waals surface area contributed by atoms with E-state index in [1.54, 1.807) is 0 Å². The number of nitrogens with zero attached hydrogens (tertiary/aromatic N) is 2. The molecule has 0 radical (unpaired) electrons. The van der Waals surface area contributed by atoms with Gasteiger partial charge in [-0.25, -0.2) is 4.39 Å². The van der Waals surface area contributed by atoms with Crippen LogP contribution in [-0.4, -0.2) is 16.1 Å². The van der Waals surface area contributed by atoms with E-state index in [2.05, 4.69) is 15.5 Å². The molecule has 2 rings (SSSR count). The number of benzene rings is 1. The Morgan fingerprint density at radius 2 is 2.12 bits per heavy atom. The zero-order valence-corrected chi connectivity index (χ0v) is 8.72.